The Kier molecular flexibility index (Phi) is 5.33. The molecule has 0 fully saturated rings. The first-order chi connectivity index (χ1) is 12.1. The van der Waals surface area contributed by atoms with Gasteiger partial charge in [-0.15, -0.1) is 0 Å². The summed E-state index contributed by atoms with van der Waals surface area (Å²) < 4.78 is 13.2. The highest BCUT2D eigenvalue weighted by atomic mass is 19.1. The highest BCUT2D eigenvalue weighted by Gasteiger charge is 2.31. The second-order valence-electron chi connectivity index (χ2n) is 6.27. The number of halogens is 1. The van der Waals surface area contributed by atoms with Crippen molar-refractivity contribution in [3.05, 3.63) is 77.4 Å². The molecule has 3 rings (SSSR count). The summed E-state index contributed by atoms with van der Waals surface area (Å²) in [6.07, 6.45) is 8.47. The predicted octanol–water partition coefficient (Wildman–Crippen LogP) is 3.81. The van der Waals surface area contributed by atoms with Gasteiger partial charge in [-0.25, -0.2) is 9.82 Å². The van der Waals surface area contributed by atoms with Crippen molar-refractivity contribution >= 4 is 12.1 Å². The fourth-order valence-corrected chi connectivity index (χ4v) is 3.12. The summed E-state index contributed by atoms with van der Waals surface area (Å²) in [5.41, 5.74) is 5.73. The molecule has 0 radical (unpaired) electrons. The molecule has 2 atom stereocenters. The molecule has 25 heavy (non-hydrogen) atoms. The van der Waals surface area contributed by atoms with Gasteiger partial charge >= 0.3 is 0 Å². The Morgan fingerprint density at radius 1 is 1.24 bits per heavy atom. The molecule has 1 heterocycles. The predicted molar refractivity (Wildman–Crippen MR) is 95.6 cm³/mol. The second-order valence-corrected chi connectivity index (χ2v) is 6.27. The zero-order chi connectivity index (χ0) is 17.6. The summed E-state index contributed by atoms with van der Waals surface area (Å²) in [5, 5.41) is 4.04. The fraction of sp³-hybridized carbons (Fsp3) is 0.250. The topological polar surface area (TPSA) is 54.4 Å². The first kappa shape index (κ1) is 17.0. The van der Waals surface area contributed by atoms with Gasteiger partial charge in [-0.3, -0.25) is 9.78 Å². The molecule has 1 N–H and O–H groups in total. The van der Waals surface area contributed by atoms with E-state index in [1.54, 1.807) is 30.7 Å². The van der Waals surface area contributed by atoms with Gasteiger partial charge in [-0.2, -0.15) is 5.10 Å². The van der Waals surface area contributed by atoms with Crippen LogP contribution in [0.2, 0.25) is 0 Å². The number of nitrogens with one attached hydrogen (secondary N) is 1. The van der Waals surface area contributed by atoms with Crippen LogP contribution in [-0.4, -0.2) is 17.1 Å². The van der Waals surface area contributed by atoms with Gasteiger partial charge in [0.25, 0.3) is 0 Å². The minimum absolute atomic E-state index is 0.0294. The Bertz CT molecular complexity index is 784. The van der Waals surface area contributed by atoms with Gasteiger partial charge in [-0.05, 0) is 61.1 Å². The third-order valence-electron chi connectivity index (χ3n) is 4.48. The van der Waals surface area contributed by atoms with Crippen molar-refractivity contribution in [2.24, 2.45) is 11.0 Å². The van der Waals surface area contributed by atoms with E-state index in [-0.39, 0.29) is 23.6 Å². The van der Waals surface area contributed by atoms with E-state index >= 15 is 0 Å². The summed E-state index contributed by atoms with van der Waals surface area (Å²) in [7, 11) is 0. The van der Waals surface area contributed by atoms with Crippen molar-refractivity contribution in [1.82, 2.24) is 10.4 Å². The monoisotopic (exact) mass is 337 g/mol. The third-order valence-corrected chi connectivity index (χ3v) is 4.48. The van der Waals surface area contributed by atoms with E-state index in [0.717, 1.165) is 17.5 Å². The summed E-state index contributed by atoms with van der Waals surface area (Å²) in [6.45, 7) is 2.06. The van der Waals surface area contributed by atoms with Gasteiger partial charge in [0.05, 0.1) is 12.1 Å². The van der Waals surface area contributed by atoms with E-state index < -0.39 is 0 Å². The number of hydrogen-bond acceptors (Lipinski definition) is 3. The number of aromatic nitrogens is 1. The molecule has 1 amide bonds. The van der Waals surface area contributed by atoms with Gasteiger partial charge < -0.3 is 0 Å². The Hall–Kier alpha value is -2.82. The van der Waals surface area contributed by atoms with Crippen molar-refractivity contribution in [1.29, 1.82) is 0 Å². The van der Waals surface area contributed by atoms with Crippen LogP contribution < -0.4 is 5.43 Å². The van der Waals surface area contributed by atoms with E-state index in [0.29, 0.717) is 6.42 Å². The van der Waals surface area contributed by atoms with Crippen molar-refractivity contribution in [3.63, 3.8) is 0 Å². The second kappa shape index (κ2) is 7.83. The number of carbonyl (C=O) groups excluding carboxylic acids is 1. The molecule has 1 aromatic carbocycles. The molecule has 0 aliphatic heterocycles. The molecule has 2 aromatic rings. The number of carbonyl (C=O) groups is 1. The molecular weight excluding hydrogens is 317 g/mol. The number of amides is 1. The first-order valence-electron chi connectivity index (χ1n) is 8.27. The lowest BCUT2D eigenvalue weighted by Gasteiger charge is -2.29. The van der Waals surface area contributed by atoms with Crippen LogP contribution in [0.25, 0.3) is 0 Å². The number of benzene rings is 1. The summed E-state index contributed by atoms with van der Waals surface area (Å²) in [4.78, 5) is 16.5. The molecule has 4 nitrogen and oxygen atoms in total. The van der Waals surface area contributed by atoms with E-state index in [1.165, 1.54) is 17.7 Å². The zero-order valence-corrected chi connectivity index (χ0v) is 14.0. The molecular formula is C20H20FN3O. The standard InChI is InChI=1S/C20H20FN3O/c1-14-2-7-18(19(12-14)16-3-5-17(21)6-4-16)20(25)24-23-13-15-8-10-22-11-9-15/h2-6,8-11,13,18-19H,7,12H2,1H3,(H,24,25)/b23-13-/t18-,19+/m1/s1. The average Bonchev–Trinajstić information content (AvgIpc) is 2.63. The zero-order valence-electron chi connectivity index (χ0n) is 14.0. The summed E-state index contributed by atoms with van der Waals surface area (Å²) in [6, 6.07) is 10.0. The molecule has 0 bridgehead atoms. The van der Waals surface area contributed by atoms with Gasteiger partial charge in [0, 0.05) is 12.4 Å². The normalized spacial score (nSPS) is 20.3. The maximum absolute atomic E-state index is 13.2. The SMILES string of the molecule is CC1=CC[C@@H](C(=O)N/N=C\c2ccncc2)[C@H](c2ccc(F)cc2)C1. The van der Waals surface area contributed by atoms with E-state index in [2.05, 4.69) is 28.5 Å². The van der Waals surface area contributed by atoms with Gasteiger partial charge in [0.2, 0.25) is 5.91 Å². The molecule has 1 aromatic heterocycles. The van der Waals surface area contributed by atoms with Crippen LogP contribution in [0.15, 0.2) is 65.5 Å². The Labute approximate surface area is 146 Å². The quantitative estimate of drug-likeness (QED) is 0.524. The van der Waals surface area contributed by atoms with Crippen LogP contribution in [0.3, 0.4) is 0 Å². The molecule has 0 spiro atoms. The average molecular weight is 337 g/mol. The highest BCUT2D eigenvalue weighted by molar-refractivity contribution is 5.84. The van der Waals surface area contributed by atoms with Crippen LogP contribution in [-0.2, 0) is 4.79 Å². The number of allylic oxidation sites excluding steroid dienone is 2. The van der Waals surface area contributed by atoms with E-state index in [9.17, 15) is 9.18 Å². The van der Waals surface area contributed by atoms with E-state index in [4.69, 9.17) is 0 Å². The first-order valence-corrected chi connectivity index (χ1v) is 8.27. The maximum Gasteiger partial charge on any atom is 0.244 e. The lowest BCUT2D eigenvalue weighted by atomic mass is 9.75. The Morgan fingerprint density at radius 3 is 2.68 bits per heavy atom. The van der Waals surface area contributed by atoms with Crippen molar-refractivity contribution in [3.8, 4) is 0 Å². The molecule has 0 saturated carbocycles. The molecule has 128 valence electrons. The lowest BCUT2D eigenvalue weighted by molar-refractivity contribution is -0.125. The summed E-state index contributed by atoms with van der Waals surface area (Å²) in [5.74, 6) is -0.580. The number of rotatable bonds is 4. The number of nitrogens with zero attached hydrogens (tertiary/aromatic N) is 2. The van der Waals surface area contributed by atoms with Gasteiger partial charge in [0.1, 0.15) is 5.82 Å². The van der Waals surface area contributed by atoms with Crippen molar-refractivity contribution in [2.75, 3.05) is 0 Å². The van der Waals surface area contributed by atoms with Crippen LogP contribution in [0.1, 0.15) is 36.8 Å². The molecule has 5 heteroatoms. The van der Waals surface area contributed by atoms with Crippen molar-refractivity contribution < 1.29 is 9.18 Å². The third kappa shape index (κ3) is 4.38. The minimum atomic E-state index is -0.269. The smallest absolute Gasteiger partial charge is 0.244 e. The van der Waals surface area contributed by atoms with Crippen LogP contribution >= 0.6 is 0 Å². The Morgan fingerprint density at radius 2 is 1.96 bits per heavy atom. The van der Waals surface area contributed by atoms with Crippen LogP contribution in [0, 0.1) is 11.7 Å². The molecule has 0 saturated heterocycles. The van der Waals surface area contributed by atoms with Crippen LogP contribution in [0.4, 0.5) is 4.39 Å². The van der Waals surface area contributed by atoms with E-state index in [1.807, 2.05) is 12.1 Å². The highest BCUT2D eigenvalue weighted by Crippen LogP contribution is 2.37. The number of pyridine rings is 1. The molecule has 1 aliphatic rings. The van der Waals surface area contributed by atoms with Gasteiger partial charge in [-0.1, -0.05) is 23.8 Å². The minimum Gasteiger partial charge on any atom is -0.273 e. The maximum atomic E-state index is 13.2. The molecule has 1 aliphatic carbocycles. The largest absolute Gasteiger partial charge is 0.273 e. The molecule has 0 unspecified atom stereocenters. The van der Waals surface area contributed by atoms with Crippen LogP contribution in [0.5, 0.6) is 0 Å². The number of hydrogen-bond donors (Lipinski definition) is 1. The fourth-order valence-electron chi connectivity index (χ4n) is 3.12. The Balaban J connectivity index is 1.72. The summed E-state index contributed by atoms with van der Waals surface area (Å²) >= 11 is 0. The number of hydrazone groups is 1. The van der Waals surface area contributed by atoms with Gasteiger partial charge in [0.15, 0.2) is 0 Å². The van der Waals surface area contributed by atoms with Crippen molar-refractivity contribution in [2.45, 2.75) is 25.7 Å². The lowest BCUT2D eigenvalue weighted by Crippen LogP contribution is -2.33.